The minimum Gasteiger partial charge on any atom is -0.481 e. The van der Waals surface area contributed by atoms with Crippen LogP contribution in [-0.2, 0) is 9.53 Å². The van der Waals surface area contributed by atoms with Gasteiger partial charge in [0, 0.05) is 12.8 Å². The van der Waals surface area contributed by atoms with Crippen molar-refractivity contribution in [1.82, 2.24) is 0 Å². The Labute approximate surface area is 257 Å². The summed E-state index contributed by atoms with van der Waals surface area (Å²) < 4.78 is 272. The predicted molar refractivity (Wildman–Crippen MR) is 121 cm³/mol. The van der Waals surface area contributed by atoms with Gasteiger partial charge in [-0.15, -0.1) is 0 Å². The van der Waals surface area contributed by atoms with Crippen molar-refractivity contribution >= 4 is 5.97 Å². The highest BCUT2D eigenvalue weighted by atomic mass is 19.4. The van der Waals surface area contributed by atoms with Gasteiger partial charge in [-0.05, 0) is 24.7 Å². The van der Waals surface area contributed by atoms with Crippen LogP contribution in [0.3, 0.4) is 0 Å². The maximum Gasteiger partial charge on any atom is 0.385 e. The Balaban J connectivity index is 5.66. The fraction of sp³-hybridized carbons (Fsp3) is 0.800. The van der Waals surface area contributed by atoms with Gasteiger partial charge in [0.25, 0.3) is 0 Å². The zero-order chi connectivity index (χ0) is 38.3. The zero-order valence-electron chi connectivity index (χ0n) is 23.5. The Morgan fingerprint density at radius 3 is 1.35 bits per heavy atom. The van der Waals surface area contributed by atoms with Crippen molar-refractivity contribution in [2.45, 2.75) is 111 Å². The highest BCUT2D eigenvalue weighted by molar-refractivity contribution is 5.66. The van der Waals surface area contributed by atoms with Crippen LogP contribution in [0.25, 0.3) is 0 Å². The van der Waals surface area contributed by atoms with Gasteiger partial charge in [0.15, 0.2) is 0 Å². The van der Waals surface area contributed by atoms with E-state index in [9.17, 15) is 92.6 Å². The van der Waals surface area contributed by atoms with Crippen molar-refractivity contribution in [2.24, 2.45) is 0 Å². The fourth-order valence-electron chi connectivity index (χ4n) is 3.27. The molecule has 0 bridgehead atoms. The summed E-state index contributed by atoms with van der Waals surface area (Å²) in [5, 5.41) is 8.48. The van der Waals surface area contributed by atoms with Crippen molar-refractivity contribution in [3.63, 3.8) is 0 Å². The van der Waals surface area contributed by atoms with Crippen LogP contribution in [0.4, 0.5) is 87.8 Å². The second kappa shape index (κ2) is 15.8. The summed E-state index contributed by atoms with van der Waals surface area (Å²) in [6, 6.07) is 0. The van der Waals surface area contributed by atoms with E-state index in [1.54, 1.807) is 5.92 Å². The third-order valence-corrected chi connectivity index (χ3v) is 6.16. The summed E-state index contributed by atoms with van der Waals surface area (Å²) in [7, 11) is 0. The fourth-order valence-corrected chi connectivity index (χ4v) is 3.27. The van der Waals surface area contributed by atoms with Crippen molar-refractivity contribution in [3.05, 3.63) is 0 Å². The summed E-state index contributed by atoms with van der Waals surface area (Å²) in [6.45, 7) is -4.58. The van der Waals surface area contributed by atoms with E-state index in [-0.39, 0.29) is 12.8 Å². The maximum atomic E-state index is 13.8. The molecule has 48 heavy (non-hydrogen) atoms. The molecule has 3 nitrogen and oxygen atoms in total. The van der Waals surface area contributed by atoms with Gasteiger partial charge < -0.3 is 9.84 Å². The third-order valence-electron chi connectivity index (χ3n) is 6.16. The Hall–Kier alpha value is -2.85. The molecule has 23 heteroatoms. The van der Waals surface area contributed by atoms with E-state index in [0.717, 1.165) is 6.42 Å². The summed E-state index contributed by atoms with van der Waals surface area (Å²) in [4.78, 5) is 10.3. The molecule has 0 aromatic carbocycles. The molecule has 280 valence electrons. The summed E-state index contributed by atoms with van der Waals surface area (Å²) >= 11 is 0. The molecule has 0 saturated carbocycles. The number of carbonyl (C=O) groups is 1. The third kappa shape index (κ3) is 8.65. The minimum absolute atomic E-state index is 0.00852. The first-order valence-corrected chi connectivity index (χ1v) is 12.8. The molecule has 0 spiro atoms. The molecule has 0 heterocycles. The van der Waals surface area contributed by atoms with Crippen LogP contribution in [0.2, 0.25) is 0 Å². The summed E-state index contributed by atoms with van der Waals surface area (Å²) in [5.74, 6) is -68.4. The van der Waals surface area contributed by atoms with Gasteiger partial charge in [-0.2, -0.15) is 79.0 Å². The molecule has 0 aromatic heterocycles. The largest absolute Gasteiger partial charge is 0.481 e. The van der Waals surface area contributed by atoms with Gasteiger partial charge in [0.2, 0.25) is 0 Å². The number of unbranched alkanes of at least 4 members (excludes halogenated alkanes) is 6. The van der Waals surface area contributed by atoms with Crippen molar-refractivity contribution in [3.8, 4) is 23.7 Å². The lowest BCUT2D eigenvalue weighted by molar-refractivity contribution is -0.465. The quantitative estimate of drug-likeness (QED) is 0.0768. The number of hydrogen-bond donors (Lipinski definition) is 1. The SMILES string of the molecule is O=C(O)CCCCCCCCC#CC#CCOCC(F)(F)C(F)(F)C(F)(F)C(F)(F)C(F)(F)C(F)(F)C(F)(F)C(F)(F)C(F)(F)C(F)F. The zero-order valence-corrected chi connectivity index (χ0v) is 23.5. The van der Waals surface area contributed by atoms with Gasteiger partial charge in [-0.1, -0.05) is 37.5 Å². The highest BCUT2D eigenvalue weighted by Crippen LogP contribution is 2.65. The van der Waals surface area contributed by atoms with Crippen LogP contribution in [0.5, 0.6) is 0 Å². The van der Waals surface area contributed by atoms with Gasteiger partial charge in [0.1, 0.15) is 13.2 Å². The van der Waals surface area contributed by atoms with Crippen LogP contribution in [-0.4, -0.2) is 84.0 Å². The molecule has 1 N–H and O–H groups in total. The Bertz CT molecular complexity index is 1190. The van der Waals surface area contributed by atoms with Crippen LogP contribution in [0.15, 0.2) is 0 Å². The van der Waals surface area contributed by atoms with Crippen LogP contribution in [0, 0.1) is 23.7 Å². The lowest BCUT2D eigenvalue weighted by atomic mass is 9.86. The van der Waals surface area contributed by atoms with Gasteiger partial charge in [-0.25, -0.2) is 8.78 Å². The average molecular weight is 750 g/mol. The Morgan fingerprint density at radius 2 is 0.917 bits per heavy atom. The number of rotatable bonds is 20. The van der Waals surface area contributed by atoms with E-state index in [2.05, 4.69) is 16.6 Å². The molecular weight excluding hydrogens is 728 g/mol. The lowest BCUT2D eigenvalue weighted by Crippen LogP contribution is -2.76. The topological polar surface area (TPSA) is 46.5 Å². The number of ether oxygens (including phenoxy) is 1. The molecule has 0 atom stereocenters. The summed E-state index contributed by atoms with van der Waals surface area (Å²) in [5.41, 5.74) is 0. The predicted octanol–water partition coefficient (Wildman–Crippen LogP) is 9.20. The van der Waals surface area contributed by atoms with E-state index in [1.165, 1.54) is 0 Å². The van der Waals surface area contributed by atoms with E-state index < -0.39 is 78.9 Å². The van der Waals surface area contributed by atoms with E-state index in [4.69, 9.17) is 5.11 Å². The molecule has 0 amide bonds. The molecule has 0 aromatic rings. The Kier molecular flexibility index (Phi) is 14.9. The number of halogens is 20. The van der Waals surface area contributed by atoms with Crippen molar-refractivity contribution in [2.75, 3.05) is 13.2 Å². The van der Waals surface area contributed by atoms with Crippen LogP contribution < -0.4 is 0 Å². The second-order valence-electron chi connectivity index (χ2n) is 9.76. The molecule has 0 aliphatic carbocycles. The van der Waals surface area contributed by atoms with Crippen molar-refractivity contribution in [1.29, 1.82) is 0 Å². The normalized spacial score (nSPS) is 14.4. The second-order valence-corrected chi connectivity index (χ2v) is 9.76. The van der Waals surface area contributed by atoms with Gasteiger partial charge >= 0.3 is 65.7 Å². The standard InChI is InChI=1S/C25H22F20O3/c26-16(27)18(30,31)20(34,35)22(38,39)24(42,43)25(44,45)23(40,41)21(36,37)19(32,33)17(28,29)14-48-13-11-9-7-5-3-1-2-4-6-8-10-12-15(46)47/h16H,1-4,6,8,10,12-14H2,(H,46,47). The molecule has 0 rings (SSSR count). The number of aliphatic carboxylic acids is 1. The molecule has 0 aliphatic rings. The molecule has 0 unspecified atom stereocenters. The minimum atomic E-state index is -9.05. The van der Waals surface area contributed by atoms with Gasteiger partial charge in [0.05, 0.1) is 0 Å². The molecule has 0 aliphatic heterocycles. The maximum absolute atomic E-state index is 13.8. The first-order chi connectivity index (χ1) is 21.4. The van der Waals surface area contributed by atoms with E-state index in [1.807, 2.05) is 5.92 Å². The number of carboxylic acid groups (broad SMARTS) is 1. The van der Waals surface area contributed by atoms with Crippen molar-refractivity contribution < 1.29 is 102 Å². The molecular formula is C25H22F20O3. The molecule has 0 fully saturated rings. The van der Waals surface area contributed by atoms with E-state index in [0.29, 0.717) is 32.1 Å². The average Bonchev–Trinajstić information content (AvgIpc) is 2.93. The number of alkyl halides is 20. The Morgan fingerprint density at radius 1 is 0.542 bits per heavy atom. The number of hydrogen-bond acceptors (Lipinski definition) is 2. The lowest BCUT2D eigenvalue weighted by Gasteiger charge is -2.44. The first-order valence-electron chi connectivity index (χ1n) is 12.8. The molecule has 0 radical (unpaired) electrons. The van der Waals surface area contributed by atoms with E-state index >= 15 is 0 Å². The number of carboxylic acids is 1. The molecule has 0 saturated heterocycles. The summed E-state index contributed by atoms with van der Waals surface area (Å²) in [6.07, 6.45) is -2.16. The first kappa shape index (κ1) is 45.2. The van der Waals surface area contributed by atoms with Crippen LogP contribution in [0.1, 0.15) is 51.4 Å². The van der Waals surface area contributed by atoms with Crippen LogP contribution >= 0.6 is 0 Å². The van der Waals surface area contributed by atoms with Gasteiger partial charge in [-0.3, -0.25) is 4.79 Å². The smallest absolute Gasteiger partial charge is 0.385 e. The highest BCUT2D eigenvalue weighted by Gasteiger charge is 2.96. The monoisotopic (exact) mass is 750 g/mol.